The zero-order valence-electron chi connectivity index (χ0n) is 28.6. The van der Waals surface area contributed by atoms with E-state index in [-0.39, 0.29) is 16.2 Å². The summed E-state index contributed by atoms with van der Waals surface area (Å²) in [6.45, 7) is 16.2. The van der Waals surface area contributed by atoms with Crippen molar-refractivity contribution in [2.24, 2.45) is 0 Å². The third kappa shape index (κ3) is 4.59. The van der Waals surface area contributed by atoms with Crippen molar-refractivity contribution < 1.29 is 0 Å². The SMILES string of the molecule is CC(C)(C)c1ccc(-c2ccc(N(c3ccc4c(c3)C(C)(C)c3ccccc3-4)c3ccc4c(c3)C(C)(C)c3ccccc3-4)cc2)cc1. The molecule has 0 heterocycles. The molecule has 0 unspecified atom stereocenters. The van der Waals surface area contributed by atoms with Crippen LogP contribution in [0.5, 0.6) is 0 Å². The molecule has 0 spiro atoms. The van der Waals surface area contributed by atoms with Crippen molar-refractivity contribution in [1.29, 1.82) is 0 Å². The predicted octanol–water partition coefficient (Wildman–Crippen LogP) is 12.7. The van der Waals surface area contributed by atoms with Crippen LogP contribution in [0, 0.1) is 0 Å². The van der Waals surface area contributed by atoms with Gasteiger partial charge in [-0.1, -0.05) is 146 Å². The fourth-order valence-electron chi connectivity index (χ4n) is 8.08. The second kappa shape index (κ2) is 10.3. The maximum absolute atomic E-state index is 2.45. The third-order valence-corrected chi connectivity index (χ3v) is 10.9. The molecule has 47 heavy (non-hydrogen) atoms. The second-order valence-electron chi connectivity index (χ2n) is 15.5. The van der Waals surface area contributed by atoms with E-state index in [4.69, 9.17) is 0 Å². The fraction of sp³-hybridized carbons (Fsp3) is 0.217. The Morgan fingerprint density at radius 2 is 0.787 bits per heavy atom. The molecule has 0 aromatic heterocycles. The minimum Gasteiger partial charge on any atom is -0.310 e. The highest BCUT2D eigenvalue weighted by Gasteiger charge is 2.37. The Morgan fingerprint density at radius 1 is 0.404 bits per heavy atom. The minimum absolute atomic E-state index is 0.0712. The molecule has 0 amide bonds. The molecule has 0 N–H and O–H groups in total. The number of fused-ring (bicyclic) bond motifs is 6. The van der Waals surface area contributed by atoms with Gasteiger partial charge in [0.2, 0.25) is 0 Å². The number of hydrogen-bond donors (Lipinski definition) is 0. The van der Waals surface area contributed by atoms with Gasteiger partial charge in [-0.05, 0) is 103 Å². The van der Waals surface area contributed by atoms with E-state index in [1.165, 1.54) is 72.6 Å². The molecule has 1 heteroatoms. The molecule has 0 aliphatic heterocycles. The average Bonchev–Trinajstić information content (AvgIpc) is 3.44. The smallest absolute Gasteiger partial charge is 0.0465 e. The van der Waals surface area contributed by atoms with Gasteiger partial charge >= 0.3 is 0 Å². The van der Waals surface area contributed by atoms with Gasteiger partial charge in [0, 0.05) is 27.9 Å². The lowest BCUT2D eigenvalue weighted by atomic mass is 9.82. The van der Waals surface area contributed by atoms with E-state index in [0.717, 1.165) is 5.69 Å². The molecular formula is C46H43N. The number of hydrogen-bond acceptors (Lipinski definition) is 1. The molecule has 6 aromatic carbocycles. The van der Waals surface area contributed by atoms with Crippen molar-refractivity contribution in [3.8, 4) is 33.4 Å². The molecule has 2 aliphatic rings. The van der Waals surface area contributed by atoms with Crippen molar-refractivity contribution in [1.82, 2.24) is 0 Å². The van der Waals surface area contributed by atoms with Crippen LogP contribution in [-0.4, -0.2) is 0 Å². The monoisotopic (exact) mass is 609 g/mol. The highest BCUT2D eigenvalue weighted by atomic mass is 15.1. The van der Waals surface area contributed by atoms with Crippen LogP contribution in [-0.2, 0) is 16.2 Å². The number of benzene rings is 6. The summed E-state index contributed by atoms with van der Waals surface area (Å²) in [5, 5.41) is 0. The van der Waals surface area contributed by atoms with Gasteiger partial charge in [-0.3, -0.25) is 0 Å². The Morgan fingerprint density at radius 3 is 1.23 bits per heavy atom. The third-order valence-electron chi connectivity index (χ3n) is 10.9. The highest BCUT2D eigenvalue weighted by Crippen LogP contribution is 2.53. The first-order valence-corrected chi connectivity index (χ1v) is 16.9. The summed E-state index contributed by atoms with van der Waals surface area (Å²) < 4.78 is 0. The zero-order chi connectivity index (χ0) is 32.7. The Labute approximate surface area is 280 Å². The first-order chi connectivity index (χ1) is 22.4. The van der Waals surface area contributed by atoms with Crippen molar-refractivity contribution in [3.05, 3.63) is 161 Å². The highest BCUT2D eigenvalue weighted by molar-refractivity contribution is 5.88. The van der Waals surface area contributed by atoms with Gasteiger partial charge in [0.05, 0.1) is 0 Å². The second-order valence-corrected chi connectivity index (χ2v) is 15.5. The summed E-state index contributed by atoms with van der Waals surface area (Å²) in [6.07, 6.45) is 0. The van der Waals surface area contributed by atoms with Crippen molar-refractivity contribution in [2.75, 3.05) is 4.90 Å². The average molecular weight is 610 g/mol. The van der Waals surface area contributed by atoms with Crippen LogP contribution >= 0.6 is 0 Å². The zero-order valence-corrected chi connectivity index (χ0v) is 28.6. The summed E-state index contributed by atoms with van der Waals surface area (Å²) in [5.41, 5.74) is 18.3. The Bertz CT molecular complexity index is 2050. The van der Waals surface area contributed by atoms with Gasteiger partial charge < -0.3 is 4.90 Å². The van der Waals surface area contributed by atoms with Gasteiger partial charge in [0.25, 0.3) is 0 Å². The van der Waals surface area contributed by atoms with Crippen LogP contribution in [0.25, 0.3) is 33.4 Å². The largest absolute Gasteiger partial charge is 0.310 e. The summed E-state index contributed by atoms with van der Waals surface area (Å²) in [6, 6.07) is 50.1. The van der Waals surface area contributed by atoms with Crippen LogP contribution in [0.15, 0.2) is 133 Å². The lowest BCUT2D eigenvalue weighted by Crippen LogP contribution is -2.18. The number of rotatable bonds is 4. The normalized spacial score (nSPS) is 15.0. The van der Waals surface area contributed by atoms with Crippen molar-refractivity contribution in [2.45, 2.75) is 64.7 Å². The van der Waals surface area contributed by atoms with Crippen LogP contribution in [0.1, 0.15) is 76.3 Å². The van der Waals surface area contributed by atoms with Crippen LogP contribution in [0.3, 0.4) is 0 Å². The van der Waals surface area contributed by atoms with Gasteiger partial charge in [-0.25, -0.2) is 0 Å². The number of anilines is 3. The summed E-state index contributed by atoms with van der Waals surface area (Å²) in [4.78, 5) is 2.45. The van der Waals surface area contributed by atoms with Crippen molar-refractivity contribution >= 4 is 17.1 Å². The Balaban J connectivity index is 1.26. The van der Waals surface area contributed by atoms with Crippen molar-refractivity contribution in [3.63, 3.8) is 0 Å². The van der Waals surface area contributed by atoms with Gasteiger partial charge in [0.15, 0.2) is 0 Å². The van der Waals surface area contributed by atoms with E-state index in [9.17, 15) is 0 Å². The minimum atomic E-state index is -0.0712. The van der Waals surface area contributed by atoms with E-state index >= 15 is 0 Å². The first-order valence-electron chi connectivity index (χ1n) is 16.9. The molecule has 2 aliphatic carbocycles. The summed E-state index contributed by atoms with van der Waals surface area (Å²) in [5.74, 6) is 0. The molecule has 6 aromatic rings. The standard InChI is InChI=1S/C46H43N/c1-44(2,3)32-20-16-30(17-21-32)31-18-22-33(23-19-31)47(34-24-26-38-36-12-8-10-14-40(36)45(4,5)42(38)28-34)35-25-27-39-37-13-9-11-15-41(37)46(6,7)43(39)29-35/h8-29H,1-7H3. The van der Waals surface area contributed by atoms with Gasteiger partial charge in [0.1, 0.15) is 0 Å². The molecule has 1 nitrogen and oxygen atoms in total. The molecule has 0 saturated carbocycles. The lowest BCUT2D eigenvalue weighted by molar-refractivity contribution is 0.590. The molecule has 0 saturated heterocycles. The molecule has 232 valence electrons. The van der Waals surface area contributed by atoms with Crippen LogP contribution in [0.4, 0.5) is 17.1 Å². The van der Waals surface area contributed by atoms with E-state index < -0.39 is 0 Å². The molecule has 8 rings (SSSR count). The molecule has 0 fully saturated rings. The molecule has 0 atom stereocenters. The first kappa shape index (κ1) is 29.5. The summed E-state index contributed by atoms with van der Waals surface area (Å²) >= 11 is 0. The molecule has 0 bridgehead atoms. The Kier molecular flexibility index (Phi) is 6.48. The van der Waals surface area contributed by atoms with Gasteiger partial charge in [-0.2, -0.15) is 0 Å². The maximum atomic E-state index is 2.45. The van der Waals surface area contributed by atoms with Crippen LogP contribution in [0.2, 0.25) is 0 Å². The fourth-order valence-corrected chi connectivity index (χ4v) is 8.08. The maximum Gasteiger partial charge on any atom is 0.0465 e. The van der Waals surface area contributed by atoms with E-state index in [2.05, 4.69) is 187 Å². The quantitative estimate of drug-likeness (QED) is 0.192. The van der Waals surface area contributed by atoms with E-state index in [1.807, 2.05) is 0 Å². The lowest BCUT2D eigenvalue weighted by Gasteiger charge is -2.30. The Hall–Kier alpha value is -4.88. The van der Waals surface area contributed by atoms with Gasteiger partial charge in [-0.15, -0.1) is 0 Å². The van der Waals surface area contributed by atoms with E-state index in [0.29, 0.717) is 0 Å². The number of nitrogens with zero attached hydrogens (tertiary/aromatic N) is 1. The summed E-state index contributed by atoms with van der Waals surface area (Å²) in [7, 11) is 0. The topological polar surface area (TPSA) is 3.24 Å². The molecule has 0 radical (unpaired) electrons. The van der Waals surface area contributed by atoms with E-state index in [1.54, 1.807) is 0 Å². The molecular weight excluding hydrogens is 567 g/mol. The predicted molar refractivity (Wildman–Crippen MR) is 200 cm³/mol. The van der Waals surface area contributed by atoms with Crippen LogP contribution < -0.4 is 4.90 Å².